The van der Waals surface area contributed by atoms with E-state index in [2.05, 4.69) is 10.2 Å². The summed E-state index contributed by atoms with van der Waals surface area (Å²) in [5.41, 5.74) is 3.18. The van der Waals surface area contributed by atoms with Crippen LogP contribution in [0.1, 0.15) is 27.3 Å². The molecule has 0 spiro atoms. The van der Waals surface area contributed by atoms with Crippen molar-refractivity contribution in [1.29, 1.82) is 0 Å². The molecule has 0 saturated carbocycles. The van der Waals surface area contributed by atoms with Crippen LogP contribution in [0, 0.1) is 13.8 Å². The van der Waals surface area contributed by atoms with Gasteiger partial charge in [-0.3, -0.25) is 9.89 Å². The Hall–Kier alpha value is -2.37. The molecule has 0 fully saturated rings. The molecular formula is C14H17N3O3. The highest BCUT2D eigenvalue weighted by atomic mass is 16.5. The second kappa shape index (κ2) is 5.73. The Morgan fingerprint density at radius 3 is 2.75 bits per heavy atom. The van der Waals surface area contributed by atoms with E-state index >= 15 is 0 Å². The van der Waals surface area contributed by atoms with E-state index in [-0.39, 0.29) is 12.2 Å². The fourth-order valence-electron chi connectivity index (χ4n) is 1.99. The Morgan fingerprint density at radius 1 is 1.40 bits per heavy atom. The highest BCUT2D eigenvalue weighted by molar-refractivity contribution is 5.88. The van der Waals surface area contributed by atoms with Crippen LogP contribution in [-0.2, 0) is 18.2 Å². The molecule has 2 aromatic heterocycles. The zero-order valence-electron chi connectivity index (χ0n) is 11.8. The summed E-state index contributed by atoms with van der Waals surface area (Å²) in [5.74, 6) is -0.431. The highest BCUT2D eigenvalue weighted by Crippen LogP contribution is 2.10. The number of aromatic amines is 1. The predicted molar refractivity (Wildman–Crippen MR) is 73.7 cm³/mol. The van der Waals surface area contributed by atoms with Crippen LogP contribution in [0.4, 0.5) is 0 Å². The number of esters is 1. The molecule has 0 atom stereocenters. The number of ether oxygens (including phenoxy) is 1. The number of aromatic nitrogens is 3. The molecule has 1 N–H and O–H groups in total. The van der Waals surface area contributed by atoms with E-state index in [1.807, 2.05) is 13.8 Å². The van der Waals surface area contributed by atoms with Crippen LogP contribution >= 0.6 is 0 Å². The van der Waals surface area contributed by atoms with E-state index in [9.17, 15) is 9.59 Å². The second-order valence-electron chi connectivity index (χ2n) is 4.67. The summed E-state index contributed by atoms with van der Waals surface area (Å²) in [4.78, 5) is 23.1. The number of nitrogens with one attached hydrogen (secondary N) is 1. The maximum absolute atomic E-state index is 11.8. The van der Waals surface area contributed by atoms with E-state index in [4.69, 9.17) is 4.74 Å². The van der Waals surface area contributed by atoms with Crippen LogP contribution in [0.2, 0.25) is 0 Å². The first-order valence-corrected chi connectivity index (χ1v) is 6.33. The fraction of sp³-hybridized carbons (Fsp3) is 0.357. The van der Waals surface area contributed by atoms with Crippen molar-refractivity contribution in [1.82, 2.24) is 14.8 Å². The molecule has 0 aliphatic heterocycles. The van der Waals surface area contributed by atoms with Gasteiger partial charge in [-0.05, 0) is 25.5 Å². The third-order valence-corrected chi connectivity index (χ3v) is 3.19. The average Bonchev–Trinajstić information content (AvgIpc) is 2.73. The van der Waals surface area contributed by atoms with Crippen molar-refractivity contribution in [3.63, 3.8) is 0 Å². The van der Waals surface area contributed by atoms with Crippen molar-refractivity contribution >= 4 is 5.97 Å². The quantitative estimate of drug-likeness (QED) is 0.848. The van der Waals surface area contributed by atoms with Gasteiger partial charge in [-0.25, -0.2) is 4.79 Å². The lowest BCUT2D eigenvalue weighted by Gasteiger charge is -2.06. The van der Waals surface area contributed by atoms with Crippen LogP contribution in [0.15, 0.2) is 23.1 Å². The summed E-state index contributed by atoms with van der Waals surface area (Å²) in [7, 11) is 1.59. The summed E-state index contributed by atoms with van der Waals surface area (Å²) >= 11 is 0. The van der Waals surface area contributed by atoms with E-state index in [1.54, 1.807) is 7.05 Å². The van der Waals surface area contributed by atoms with Crippen LogP contribution < -0.4 is 5.56 Å². The zero-order chi connectivity index (χ0) is 14.7. The summed E-state index contributed by atoms with van der Waals surface area (Å²) in [5, 5.41) is 6.98. The summed E-state index contributed by atoms with van der Waals surface area (Å²) in [6, 6.07) is 2.82. The molecule has 0 aliphatic rings. The molecule has 0 unspecified atom stereocenters. The van der Waals surface area contributed by atoms with E-state index in [0.29, 0.717) is 12.0 Å². The Balaban J connectivity index is 1.96. The minimum atomic E-state index is -0.431. The molecule has 0 bridgehead atoms. The number of H-pyrrole nitrogens is 1. The zero-order valence-corrected chi connectivity index (χ0v) is 11.8. The van der Waals surface area contributed by atoms with Gasteiger partial charge in [0.05, 0.1) is 17.9 Å². The van der Waals surface area contributed by atoms with Gasteiger partial charge in [0.15, 0.2) is 0 Å². The van der Waals surface area contributed by atoms with Crippen molar-refractivity contribution in [3.05, 3.63) is 51.2 Å². The third-order valence-electron chi connectivity index (χ3n) is 3.19. The SMILES string of the molecule is Cc1n[nH]c(C)c1CCOC(=O)c1ccc(=O)n(C)c1. The molecule has 106 valence electrons. The van der Waals surface area contributed by atoms with Crippen molar-refractivity contribution in [2.75, 3.05) is 6.61 Å². The van der Waals surface area contributed by atoms with Crippen LogP contribution in [0.25, 0.3) is 0 Å². The fourth-order valence-corrected chi connectivity index (χ4v) is 1.99. The average molecular weight is 275 g/mol. The molecule has 0 aromatic carbocycles. The Labute approximate surface area is 116 Å². The molecular weight excluding hydrogens is 258 g/mol. The first kappa shape index (κ1) is 14.0. The molecule has 0 aliphatic carbocycles. The smallest absolute Gasteiger partial charge is 0.339 e. The van der Waals surface area contributed by atoms with Gasteiger partial charge in [0.2, 0.25) is 5.56 Å². The molecule has 6 heteroatoms. The molecule has 2 rings (SSSR count). The molecule has 0 amide bonds. The number of carbonyl (C=O) groups excluding carboxylic acids is 1. The van der Waals surface area contributed by atoms with Gasteiger partial charge in [0.1, 0.15) is 0 Å². The Bertz CT molecular complexity index is 666. The number of carbonyl (C=O) groups is 1. The number of hydrogen-bond acceptors (Lipinski definition) is 4. The Morgan fingerprint density at radius 2 is 2.15 bits per heavy atom. The van der Waals surface area contributed by atoms with Crippen molar-refractivity contribution < 1.29 is 9.53 Å². The lowest BCUT2D eigenvalue weighted by Crippen LogP contribution is -2.18. The largest absolute Gasteiger partial charge is 0.462 e. The maximum Gasteiger partial charge on any atom is 0.339 e. The molecule has 2 aromatic rings. The van der Waals surface area contributed by atoms with Crippen molar-refractivity contribution in [2.24, 2.45) is 7.05 Å². The molecule has 0 saturated heterocycles. The Kier molecular flexibility index (Phi) is 4.02. The topological polar surface area (TPSA) is 77.0 Å². The number of aryl methyl sites for hydroxylation is 3. The summed E-state index contributed by atoms with van der Waals surface area (Å²) in [6.45, 7) is 4.13. The van der Waals surface area contributed by atoms with E-state index in [0.717, 1.165) is 17.0 Å². The highest BCUT2D eigenvalue weighted by Gasteiger charge is 2.10. The van der Waals surface area contributed by atoms with Crippen LogP contribution in [0.5, 0.6) is 0 Å². The van der Waals surface area contributed by atoms with Gasteiger partial charge in [-0.15, -0.1) is 0 Å². The monoisotopic (exact) mass is 275 g/mol. The van der Waals surface area contributed by atoms with Crippen LogP contribution in [0.3, 0.4) is 0 Å². The van der Waals surface area contributed by atoms with Gasteiger partial charge in [-0.2, -0.15) is 5.10 Å². The lowest BCUT2D eigenvalue weighted by atomic mass is 10.1. The van der Waals surface area contributed by atoms with Crippen molar-refractivity contribution in [3.8, 4) is 0 Å². The van der Waals surface area contributed by atoms with E-state index < -0.39 is 5.97 Å². The predicted octanol–water partition coefficient (Wildman–Crippen LogP) is 1.12. The van der Waals surface area contributed by atoms with Crippen molar-refractivity contribution in [2.45, 2.75) is 20.3 Å². The molecule has 0 radical (unpaired) electrons. The van der Waals surface area contributed by atoms with Gasteiger partial charge >= 0.3 is 5.97 Å². The molecule has 2 heterocycles. The van der Waals surface area contributed by atoms with Gasteiger partial charge < -0.3 is 9.30 Å². The molecule has 20 heavy (non-hydrogen) atoms. The molecule has 6 nitrogen and oxygen atoms in total. The van der Waals surface area contributed by atoms with Gasteiger partial charge in [-0.1, -0.05) is 0 Å². The first-order chi connectivity index (χ1) is 9.49. The second-order valence-corrected chi connectivity index (χ2v) is 4.67. The number of rotatable bonds is 4. The normalized spacial score (nSPS) is 10.6. The van der Waals surface area contributed by atoms with Crippen LogP contribution in [-0.4, -0.2) is 27.3 Å². The number of hydrogen-bond donors (Lipinski definition) is 1. The summed E-state index contributed by atoms with van der Waals surface area (Å²) in [6.07, 6.45) is 2.09. The van der Waals surface area contributed by atoms with Gasteiger partial charge in [0.25, 0.3) is 0 Å². The van der Waals surface area contributed by atoms with Gasteiger partial charge in [0, 0.05) is 31.4 Å². The standard InChI is InChI=1S/C14H17N3O3/c1-9-12(10(2)16-15-9)6-7-20-14(19)11-4-5-13(18)17(3)8-11/h4-5,8H,6-7H2,1-3H3,(H,15,16). The summed E-state index contributed by atoms with van der Waals surface area (Å²) < 4.78 is 6.56. The minimum Gasteiger partial charge on any atom is -0.462 e. The maximum atomic E-state index is 11.8. The van der Waals surface area contributed by atoms with E-state index in [1.165, 1.54) is 22.9 Å². The lowest BCUT2D eigenvalue weighted by molar-refractivity contribution is 0.0508. The number of nitrogens with zero attached hydrogens (tertiary/aromatic N) is 2. The number of pyridine rings is 1. The first-order valence-electron chi connectivity index (χ1n) is 6.33. The third kappa shape index (κ3) is 2.96. The minimum absolute atomic E-state index is 0.161.